The quantitative estimate of drug-likeness (QED) is 0.454. The molecule has 0 saturated heterocycles. The minimum atomic E-state index is -1.35. The molecule has 0 aliphatic rings. The zero-order chi connectivity index (χ0) is 20.3. The first-order valence-electron chi connectivity index (χ1n) is 7.97. The van der Waals surface area contributed by atoms with E-state index in [1.54, 1.807) is 36.4 Å². The van der Waals surface area contributed by atoms with Crippen molar-refractivity contribution in [3.63, 3.8) is 0 Å². The smallest absolute Gasteiger partial charge is 0.543 e. The van der Waals surface area contributed by atoms with Crippen molar-refractivity contribution in [2.75, 3.05) is 0 Å². The van der Waals surface area contributed by atoms with Gasteiger partial charge in [-0.15, -0.1) is 0 Å². The fourth-order valence-electron chi connectivity index (χ4n) is 2.49. The van der Waals surface area contributed by atoms with Crippen molar-refractivity contribution in [1.29, 1.82) is 0 Å². The Morgan fingerprint density at radius 1 is 0.655 bits per heavy atom. The topological polar surface area (TPSA) is 146 Å². The number of para-hydroxylation sites is 2. The number of phenols is 2. The van der Waals surface area contributed by atoms with Gasteiger partial charge in [0.2, 0.25) is 0 Å². The summed E-state index contributed by atoms with van der Waals surface area (Å²) < 4.78 is 0. The molecule has 0 unspecified atom stereocenters. The number of benzene rings is 2. The van der Waals surface area contributed by atoms with Crippen molar-refractivity contribution in [2.24, 2.45) is 0 Å². The first-order valence-corrected chi connectivity index (χ1v) is 7.97. The van der Waals surface area contributed by atoms with Crippen LogP contribution in [0.2, 0.25) is 0 Å². The molecule has 0 bridgehead atoms. The molecule has 0 fully saturated rings. The van der Waals surface area contributed by atoms with Gasteiger partial charge in [-0.2, -0.15) is 0 Å². The van der Waals surface area contributed by atoms with Gasteiger partial charge in [-0.3, -0.25) is 0 Å². The van der Waals surface area contributed by atoms with E-state index < -0.39 is 11.9 Å². The average molecular weight is 401 g/mol. The minimum Gasteiger partial charge on any atom is -0.543 e. The fraction of sp³-hybridized carbons (Fsp3) is 0. The summed E-state index contributed by atoms with van der Waals surface area (Å²) in [5.74, 6) is -2.78. The molecule has 2 N–H and O–H groups in total. The summed E-state index contributed by atoms with van der Waals surface area (Å²) in [5, 5.41) is 41.2. The number of aromatic hydroxyl groups is 2. The SMILES string of the molecule is O=C([O-])c1ccc2cccc(O)c2n1.O=C([O-])c1ccc2cccc(O)c2n1.[Mg+2]. The predicted molar refractivity (Wildman–Crippen MR) is 101 cm³/mol. The monoisotopic (exact) mass is 400 g/mol. The second kappa shape index (κ2) is 9.17. The fourth-order valence-corrected chi connectivity index (χ4v) is 2.49. The number of pyridine rings is 2. The first-order chi connectivity index (χ1) is 13.4. The number of aromatic carboxylic acids is 2. The molecule has 2 aromatic heterocycles. The molecule has 140 valence electrons. The van der Waals surface area contributed by atoms with Crippen LogP contribution in [-0.2, 0) is 0 Å². The number of hydrogen-bond donors (Lipinski definition) is 2. The van der Waals surface area contributed by atoms with Gasteiger partial charge in [-0.1, -0.05) is 36.4 Å². The van der Waals surface area contributed by atoms with Crippen molar-refractivity contribution in [2.45, 2.75) is 0 Å². The number of carbonyl (C=O) groups excluding carboxylic acids is 2. The van der Waals surface area contributed by atoms with E-state index in [9.17, 15) is 30.0 Å². The van der Waals surface area contributed by atoms with E-state index in [2.05, 4.69) is 9.97 Å². The van der Waals surface area contributed by atoms with E-state index >= 15 is 0 Å². The van der Waals surface area contributed by atoms with Crippen LogP contribution in [-0.4, -0.2) is 55.2 Å². The Kier molecular flexibility index (Phi) is 6.91. The molecule has 0 aliphatic carbocycles. The summed E-state index contributed by atoms with van der Waals surface area (Å²) >= 11 is 0. The Hall–Kier alpha value is -3.43. The molecule has 0 saturated carbocycles. The first kappa shape index (κ1) is 21.9. The second-order valence-electron chi connectivity index (χ2n) is 5.67. The molecule has 2 heterocycles. The van der Waals surface area contributed by atoms with Gasteiger partial charge in [-0.05, 0) is 24.3 Å². The summed E-state index contributed by atoms with van der Waals surface area (Å²) in [6, 6.07) is 15.6. The molecule has 8 nitrogen and oxygen atoms in total. The van der Waals surface area contributed by atoms with Crippen molar-refractivity contribution in [1.82, 2.24) is 9.97 Å². The maximum atomic E-state index is 10.5. The van der Waals surface area contributed by atoms with Crippen molar-refractivity contribution in [3.8, 4) is 11.5 Å². The van der Waals surface area contributed by atoms with E-state index in [1.165, 1.54) is 24.3 Å². The number of hydrogen-bond acceptors (Lipinski definition) is 8. The number of carbonyl (C=O) groups is 2. The molecular weight excluding hydrogens is 389 g/mol. The molecule has 0 amide bonds. The Morgan fingerprint density at radius 2 is 1.03 bits per heavy atom. The van der Waals surface area contributed by atoms with Gasteiger partial charge in [0, 0.05) is 10.8 Å². The number of rotatable bonds is 2. The molecule has 0 radical (unpaired) electrons. The molecule has 4 rings (SSSR count). The van der Waals surface area contributed by atoms with Crippen LogP contribution in [0.4, 0.5) is 0 Å². The molecule has 2 aromatic carbocycles. The number of phenolic OH excluding ortho intramolecular Hbond substituents is 2. The second-order valence-corrected chi connectivity index (χ2v) is 5.67. The maximum Gasteiger partial charge on any atom is 2.00 e. The molecule has 0 atom stereocenters. The van der Waals surface area contributed by atoms with E-state index in [1.807, 2.05) is 0 Å². The van der Waals surface area contributed by atoms with Gasteiger partial charge in [0.15, 0.2) is 0 Å². The molecule has 29 heavy (non-hydrogen) atoms. The van der Waals surface area contributed by atoms with E-state index in [4.69, 9.17) is 0 Å². The summed E-state index contributed by atoms with van der Waals surface area (Å²) in [6.07, 6.45) is 0. The van der Waals surface area contributed by atoms with Gasteiger partial charge < -0.3 is 30.0 Å². The van der Waals surface area contributed by atoms with Crippen molar-refractivity contribution < 1.29 is 30.0 Å². The van der Waals surface area contributed by atoms with Crippen molar-refractivity contribution >= 4 is 56.8 Å². The number of aromatic nitrogens is 2. The van der Waals surface area contributed by atoms with Gasteiger partial charge >= 0.3 is 23.1 Å². The summed E-state index contributed by atoms with van der Waals surface area (Å²) in [5.41, 5.74) is 0.182. The summed E-state index contributed by atoms with van der Waals surface area (Å²) in [6.45, 7) is 0. The van der Waals surface area contributed by atoms with Crippen LogP contribution in [0.25, 0.3) is 21.8 Å². The number of nitrogens with zero attached hydrogens (tertiary/aromatic N) is 2. The zero-order valence-corrected chi connectivity index (χ0v) is 16.3. The minimum absolute atomic E-state index is 0. The van der Waals surface area contributed by atoms with Crippen LogP contribution in [0.5, 0.6) is 11.5 Å². The summed E-state index contributed by atoms with van der Waals surface area (Å²) in [4.78, 5) is 28.5. The Bertz CT molecular complexity index is 1120. The molecule has 9 heteroatoms. The van der Waals surface area contributed by atoms with Crippen LogP contribution in [0.1, 0.15) is 21.0 Å². The molecule has 0 spiro atoms. The molecule has 0 aliphatic heterocycles. The van der Waals surface area contributed by atoms with E-state index in [0.29, 0.717) is 10.8 Å². The number of fused-ring (bicyclic) bond motifs is 2. The Balaban J connectivity index is 0.000000200. The van der Waals surface area contributed by atoms with Crippen LogP contribution < -0.4 is 10.2 Å². The normalized spacial score (nSPS) is 9.93. The van der Waals surface area contributed by atoms with Crippen LogP contribution in [0.15, 0.2) is 60.7 Å². The predicted octanol–water partition coefficient (Wildman–Crippen LogP) is 0.227. The molecule has 4 aromatic rings. The van der Waals surface area contributed by atoms with Gasteiger partial charge in [0.1, 0.15) is 22.5 Å². The van der Waals surface area contributed by atoms with E-state index in [-0.39, 0.29) is 57.0 Å². The van der Waals surface area contributed by atoms with E-state index in [0.717, 1.165) is 0 Å². The third-order valence-electron chi connectivity index (χ3n) is 3.82. The van der Waals surface area contributed by atoms with Gasteiger partial charge in [0.25, 0.3) is 0 Å². The zero-order valence-electron chi connectivity index (χ0n) is 14.9. The van der Waals surface area contributed by atoms with Crippen LogP contribution >= 0.6 is 0 Å². The summed E-state index contributed by atoms with van der Waals surface area (Å²) in [7, 11) is 0. The van der Waals surface area contributed by atoms with Crippen LogP contribution in [0, 0.1) is 0 Å². The van der Waals surface area contributed by atoms with Gasteiger partial charge in [-0.25, -0.2) is 9.97 Å². The molecular formula is C20H12MgN2O6. The number of carboxylic acids is 2. The number of carboxylic acid groups (broad SMARTS) is 2. The third-order valence-corrected chi connectivity index (χ3v) is 3.82. The standard InChI is InChI=1S/2C10H7NO3.Mg/c2*12-8-3-1-2-6-4-5-7(10(13)14)11-9(6)8;/h2*1-5,12H,(H,13,14);/q;;+2/p-2. The van der Waals surface area contributed by atoms with Crippen molar-refractivity contribution in [3.05, 3.63) is 72.1 Å². The Morgan fingerprint density at radius 3 is 1.38 bits per heavy atom. The van der Waals surface area contributed by atoms with Gasteiger partial charge in [0.05, 0.1) is 23.3 Å². The maximum absolute atomic E-state index is 10.5. The van der Waals surface area contributed by atoms with Crippen LogP contribution in [0.3, 0.4) is 0 Å². The Labute approximate surface area is 180 Å². The third kappa shape index (κ3) is 4.89. The average Bonchev–Trinajstić information content (AvgIpc) is 2.68. The largest absolute Gasteiger partial charge is 2.00 e.